The Labute approximate surface area is 102 Å². The Morgan fingerprint density at radius 1 is 1.47 bits per heavy atom. The van der Waals surface area contributed by atoms with Gasteiger partial charge in [0.25, 0.3) is 0 Å². The summed E-state index contributed by atoms with van der Waals surface area (Å²) in [7, 11) is 1.38. The van der Waals surface area contributed by atoms with Crippen LogP contribution in [0.2, 0.25) is 0 Å². The maximum atomic E-state index is 11.1. The van der Waals surface area contributed by atoms with Gasteiger partial charge in [-0.1, -0.05) is 6.42 Å². The highest BCUT2D eigenvalue weighted by atomic mass is 16.5. The van der Waals surface area contributed by atoms with Crippen LogP contribution in [0.4, 0.5) is 4.79 Å². The van der Waals surface area contributed by atoms with Crippen LogP contribution in [0.1, 0.15) is 25.7 Å². The number of nitriles is 1. The van der Waals surface area contributed by atoms with Crippen molar-refractivity contribution in [2.24, 2.45) is 5.92 Å². The van der Waals surface area contributed by atoms with E-state index in [1.54, 1.807) is 0 Å². The number of rotatable bonds is 2. The molecule has 1 aliphatic heterocycles. The van der Waals surface area contributed by atoms with Crippen molar-refractivity contribution >= 4 is 6.09 Å². The van der Waals surface area contributed by atoms with Gasteiger partial charge in [-0.2, -0.15) is 5.26 Å². The molecule has 0 bridgehead atoms. The maximum absolute atomic E-state index is 11.1. The van der Waals surface area contributed by atoms with Crippen LogP contribution in [0.15, 0.2) is 0 Å². The number of likely N-dealkylation sites (tertiary alicyclic amines) is 1. The van der Waals surface area contributed by atoms with Gasteiger partial charge in [0.2, 0.25) is 0 Å². The van der Waals surface area contributed by atoms with Crippen molar-refractivity contribution in [1.82, 2.24) is 10.2 Å². The van der Waals surface area contributed by atoms with Crippen molar-refractivity contribution < 1.29 is 9.53 Å². The molecule has 1 N–H and O–H groups in total. The fourth-order valence-electron chi connectivity index (χ4n) is 2.96. The summed E-state index contributed by atoms with van der Waals surface area (Å²) in [6.07, 6.45) is 3.87. The predicted molar refractivity (Wildman–Crippen MR) is 62.3 cm³/mol. The van der Waals surface area contributed by atoms with Gasteiger partial charge in [0.15, 0.2) is 0 Å². The van der Waals surface area contributed by atoms with Crippen molar-refractivity contribution in [3.05, 3.63) is 0 Å². The van der Waals surface area contributed by atoms with Gasteiger partial charge in [-0.3, -0.25) is 4.90 Å². The molecule has 3 unspecified atom stereocenters. The van der Waals surface area contributed by atoms with Crippen molar-refractivity contribution in [1.29, 1.82) is 5.26 Å². The number of ether oxygens (including phenoxy) is 1. The average molecular weight is 237 g/mol. The number of nitrogens with zero attached hydrogens (tertiary/aromatic N) is 2. The number of carbonyl (C=O) groups is 1. The summed E-state index contributed by atoms with van der Waals surface area (Å²) < 4.78 is 4.59. The van der Waals surface area contributed by atoms with E-state index in [0.29, 0.717) is 6.04 Å². The van der Waals surface area contributed by atoms with Gasteiger partial charge in [0.05, 0.1) is 19.1 Å². The molecule has 2 aliphatic rings. The Kier molecular flexibility index (Phi) is 3.85. The summed E-state index contributed by atoms with van der Waals surface area (Å²) in [6.45, 7) is 1.81. The number of nitrogens with one attached hydrogen (secondary N) is 1. The Morgan fingerprint density at radius 2 is 2.29 bits per heavy atom. The summed E-state index contributed by atoms with van der Waals surface area (Å²) in [5, 5.41) is 11.9. The molecule has 1 saturated carbocycles. The molecule has 3 atom stereocenters. The van der Waals surface area contributed by atoms with Gasteiger partial charge in [-0.05, 0) is 19.3 Å². The monoisotopic (exact) mass is 237 g/mol. The molecule has 0 radical (unpaired) electrons. The second-order valence-corrected chi connectivity index (χ2v) is 4.85. The Bertz CT molecular complexity index is 326. The third-order valence-electron chi connectivity index (χ3n) is 3.84. The fourth-order valence-corrected chi connectivity index (χ4v) is 2.96. The minimum Gasteiger partial charge on any atom is -0.453 e. The first kappa shape index (κ1) is 12.2. The van der Waals surface area contributed by atoms with E-state index in [1.165, 1.54) is 7.11 Å². The summed E-state index contributed by atoms with van der Waals surface area (Å²) in [5.41, 5.74) is 0. The third-order valence-corrected chi connectivity index (χ3v) is 3.84. The molecule has 2 rings (SSSR count). The van der Waals surface area contributed by atoms with Crippen LogP contribution in [0.5, 0.6) is 0 Å². The molecule has 5 nitrogen and oxygen atoms in total. The van der Waals surface area contributed by atoms with Crippen LogP contribution >= 0.6 is 0 Å². The first-order valence-electron chi connectivity index (χ1n) is 6.22. The zero-order chi connectivity index (χ0) is 12.3. The minimum atomic E-state index is -0.361. The van der Waals surface area contributed by atoms with Crippen LogP contribution in [-0.4, -0.2) is 43.3 Å². The lowest BCUT2D eigenvalue weighted by atomic mass is 10.0. The molecular weight excluding hydrogens is 218 g/mol. The van der Waals surface area contributed by atoms with Gasteiger partial charge in [-0.15, -0.1) is 0 Å². The molecular formula is C12H19N3O2. The highest BCUT2D eigenvalue weighted by Crippen LogP contribution is 2.31. The summed E-state index contributed by atoms with van der Waals surface area (Å²) in [6, 6.07) is 2.97. The molecule has 17 heavy (non-hydrogen) atoms. The molecule has 5 heteroatoms. The van der Waals surface area contributed by atoms with Gasteiger partial charge in [0.1, 0.15) is 0 Å². The summed E-state index contributed by atoms with van der Waals surface area (Å²) >= 11 is 0. The Balaban J connectivity index is 1.85. The first-order chi connectivity index (χ1) is 8.24. The lowest BCUT2D eigenvalue weighted by Crippen LogP contribution is -2.40. The highest BCUT2D eigenvalue weighted by molar-refractivity contribution is 5.67. The smallest absolute Gasteiger partial charge is 0.407 e. The van der Waals surface area contributed by atoms with E-state index in [9.17, 15) is 4.79 Å². The highest BCUT2D eigenvalue weighted by Gasteiger charge is 2.36. The average Bonchev–Trinajstić information content (AvgIpc) is 2.95. The van der Waals surface area contributed by atoms with Crippen LogP contribution in [0.25, 0.3) is 0 Å². The molecule has 0 aromatic heterocycles. The molecule has 1 amide bonds. The minimum absolute atomic E-state index is 0.169. The third kappa shape index (κ3) is 2.70. The molecule has 0 aromatic rings. The maximum Gasteiger partial charge on any atom is 0.407 e. The zero-order valence-electron chi connectivity index (χ0n) is 10.2. The predicted octanol–water partition coefficient (Wildman–Crippen LogP) is 1.11. The number of methoxy groups -OCH3 is 1. The van der Waals surface area contributed by atoms with Crippen LogP contribution in [0, 0.1) is 17.2 Å². The second kappa shape index (κ2) is 5.37. The van der Waals surface area contributed by atoms with Crippen LogP contribution < -0.4 is 5.32 Å². The molecule has 0 aromatic carbocycles. The van der Waals surface area contributed by atoms with Crippen LogP contribution in [0.3, 0.4) is 0 Å². The number of hydrogen-bond acceptors (Lipinski definition) is 4. The van der Waals surface area contributed by atoms with E-state index in [4.69, 9.17) is 5.26 Å². The SMILES string of the molecule is COC(=O)NC1CCN(C2CCCC2C#N)C1. The Hall–Kier alpha value is -1.28. The van der Waals surface area contributed by atoms with E-state index in [-0.39, 0.29) is 18.1 Å². The summed E-state index contributed by atoms with van der Waals surface area (Å²) in [5.74, 6) is 0.173. The molecule has 0 spiro atoms. The standard InChI is InChI=1S/C12H19N3O2/c1-17-12(16)14-10-5-6-15(8-10)11-4-2-3-9(11)7-13/h9-11H,2-6,8H2,1H3,(H,14,16). The van der Waals surface area contributed by atoms with Gasteiger partial charge in [0, 0.05) is 25.2 Å². The Morgan fingerprint density at radius 3 is 3.00 bits per heavy atom. The van der Waals surface area contributed by atoms with E-state index in [1.807, 2.05) is 0 Å². The van der Waals surface area contributed by atoms with E-state index in [2.05, 4.69) is 21.0 Å². The fraction of sp³-hybridized carbons (Fsp3) is 0.833. The molecule has 1 aliphatic carbocycles. The van der Waals surface area contributed by atoms with Crippen molar-refractivity contribution in [2.45, 2.75) is 37.8 Å². The summed E-state index contributed by atoms with van der Waals surface area (Å²) in [4.78, 5) is 13.5. The van der Waals surface area contributed by atoms with E-state index in [0.717, 1.165) is 38.8 Å². The number of alkyl carbamates (subject to hydrolysis) is 1. The van der Waals surface area contributed by atoms with Gasteiger partial charge in [-0.25, -0.2) is 4.79 Å². The molecule has 1 saturated heterocycles. The van der Waals surface area contributed by atoms with Crippen LogP contribution in [-0.2, 0) is 4.74 Å². The molecule has 1 heterocycles. The van der Waals surface area contributed by atoms with Gasteiger partial charge >= 0.3 is 6.09 Å². The lowest BCUT2D eigenvalue weighted by Gasteiger charge is -2.26. The van der Waals surface area contributed by atoms with Crippen molar-refractivity contribution in [3.8, 4) is 6.07 Å². The van der Waals surface area contributed by atoms with Crippen molar-refractivity contribution in [2.75, 3.05) is 20.2 Å². The quantitative estimate of drug-likeness (QED) is 0.781. The normalized spacial score (nSPS) is 33.3. The van der Waals surface area contributed by atoms with E-state index < -0.39 is 0 Å². The zero-order valence-corrected chi connectivity index (χ0v) is 10.2. The lowest BCUT2D eigenvalue weighted by molar-refractivity contribution is 0.164. The largest absolute Gasteiger partial charge is 0.453 e. The molecule has 94 valence electrons. The first-order valence-corrected chi connectivity index (χ1v) is 6.22. The number of amides is 1. The second-order valence-electron chi connectivity index (χ2n) is 4.85. The molecule has 2 fully saturated rings. The topological polar surface area (TPSA) is 65.4 Å². The number of carbonyl (C=O) groups excluding carboxylic acids is 1. The van der Waals surface area contributed by atoms with Gasteiger partial charge < -0.3 is 10.1 Å². The number of hydrogen-bond donors (Lipinski definition) is 1. The van der Waals surface area contributed by atoms with E-state index >= 15 is 0 Å². The van der Waals surface area contributed by atoms with Crippen molar-refractivity contribution in [3.63, 3.8) is 0 Å².